The normalized spacial score (nSPS) is 28.5. The summed E-state index contributed by atoms with van der Waals surface area (Å²) in [5.74, 6) is 0.824. The fourth-order valence-electron chi connectivity index (χ4n) is 3.50. The van der Waals surface area contributed by atoms with Crippen molar-refractivity contribution in [3.8, 4) is 0 Å². The maximum absolute atomic E-state index is 12.7. The van der Waals surface area contributed by atoms with E-state index in [1.807, 2.05) is 13.8 Å². The van der Waals surface area contributed by atoms with Crippen molar-refractivity contribution in [3.63, 3.8) is 0 Å². The summed E-state index contributed by atoms with van der Waals surface area (Å²) >= 11 is 0. The zero-order chi connectivity index (χ0) is 14.7. The number of hydrogen-bond donors (Lipinski definition) is 1. The van der Waals surface area contributed by atoms with Crippen LogP contribution in [0, 0.1) is 11.8 Å². The van der Waals surface area contributed by atoms with Gasteiger partial charge in [-0.3, -0.25) is 9.59 Å². The lowest BCUT2D eigenvalue weighted by Crippen LogP contribution is -2.51. The predicted molar refractivity (Wildman–Crippen MR) is 76.1 cm³/mol. The molecule has 1 aliphatic heterocycles. The van der Waals surface area contributed by atoms with E-state index in [4.69, 9.17) is 4.74 Å². The Hall–Kier alpha value is -1.10. The molecule has 5 nitrogen and oxygen atoms in total. The fraction of sp³-hybridized carbons (Fsp3) is 0.867. The smallest absolute Gasteiger partial charge is 0.325 e. The molecule has 0 aromatic carbocycles. The molecule has 1 amide bonds. The van der Waals surface area contributed by atoms with E-state index in [0.29, 0.717) is 18.4 Å². The van der Waals surface area contributed by atoms with Crippen LogP contribution in [0.3, 0.4) is 0 Å². The number of carbonyl (C=O) groups excluding carboxylic acids is 2. The average Bonchev–Trinajstić information content (AvgIpc) is 2.97. The molecule has 1 aliphatic carbocycles. The molecule has 5 heteroatoms. The molecule has 1 heterocycles. The van der Waals surface area contributed by atoms with Crippen LogP contribution in [0.25, 0.3) is 0 Å². The molecular formula is C15H26N2O3. The molecule has 2 fully saturated rings. The first-order chi connectivity index (χ1) is 9.54. The van der Waals surface area contributed by atoms with Gasteiger partial charge in [-0.25, -0.2) is 0 Å². The number of ether oxygens (including phenoxy) is 1. The second-order valence-corrected chi connectivity index (χ2v) is 6.11. The molecule has 3 atom stereocenters. The van der Waals surface area contributed by atoms with Gasteiger partial charge in [-0.2, -0.15) is 0 Å². The zero-order valence-electron chi connectivity index (χ0n) is 12.7. The van der Waals surface area contributed by atoms with Crippen LogP contribution in [0.2, 0.25) is 0 Å². The van der Waals surface area contributed by atoms with E-state index in [9.17, 15) is 9.59 Å². The lowest BCUT2D eigenvalue weighted by molar-refractivity contribution is -0.151. The lowest BCUT2D eigenvalue weighted by Gasteiger charge is -2.30. The van der Waals surface area contributed by atoms with Crippen molar-refractivity contribution in [3.05, 3.63) is 0 Å². The van der Waals surface area contributed by atoms with Crippen LogP contribution < -0.4 is 5.32 Å². The molecule has 1 saturated heterocycles. The van der Waals surface area contributed by atoms with Crippen molar-refractivity contribution >= 4 is 11.9 Å². The zero-order valence-corrected chi connectivity index (χ0v) is 12.7. The topological polar surface area (TPSA) is 58.6 Å². The first-order valence-corrected chi connectivity index (χ1v) is 7.74. The Morgan fingerprint density at radius 1 is 1.35 bits per heavy atom. The van der Waals surface area contributed by atoms with Crippen LogP contribution in [0.5, 0.6) is 0 Å². The van der Waals surface area contributed by atoms with Gasteiger partial charge in [0.2, 0.25) is 5.91 Å². The molecule has 0 aromatic rings. The van der Waals surface area contributed by atoms with Crippen LogP contribution >= 0.6 is 0 Å². The van der Waals surface area contributed by atoms with E-state index in [0.717, 1.165) is 13.0 Å². The molecule has 2 rings (SSSR count). The first-order valence-electron chi connectivity index (χ1n) is 7.74. The van der Waals surface area contributed by atoms with Crippen molar-refractivity contribution in [1.29, 1.82) is 0 Å². The minimum Gasteiger partial charge on any atom is -0.465 e. The number of esters is 1. The number of nitrogens with zero attached hydrogens (tertiary/aromatic N) is 1. The molecule has 0 radical (unpaired) electrons. The van der Waals surface area contributed by atoms with Gasteiger partial charge in [0.15, 0.2) is 0 Å². The summed E-state index contributed by atoms with van der Waals surface area (Å²) in [5, 5.41) is 3.36. The molecule has 1 N–H and O–H groups in total. The summed E-state index contributed by atoms with van der Waals surface area (Å²) in [6.45, 7) is 7.01. The van der Waals surface area contributed by atoms with Crippen molar-refractivity contribution in [2.75, 3.05) is 19.7 Å². The standard InChI is InChI=1S/C15H26N2O3/c1-4-20-13(18)9-17(10(2)3)15(19)14-12-7-5-6-11(12)8-16-14/h10-12,14,16H,4-9H2,1-3H3. The van der Waals surface area contributed by atoms with Crippen LogP contribution in [0.1, 0.15) is 40.0 Å². The molecule has 1 saturated carbocycles. The highest BCUT2D eigenvalue weighted by molar-refractivity contribution is 5.86. The van der Waals surface area contributed by atoms with Crippen LogP contribution in [-0.2, 0) is 14.3 Å². The van der Waals surface area contributed by atoms with Gasteiger partial charge in [0.25, 0.3) is 0 Å². The monoisotopic (exact) mass is 282 g/mol. The molecule has 20 heavy (non-hydrogen) atoms. The Kier molecular flexibility index (Phi) is 5.02. The Morgan fingerprint density at radius 3 is 2.75 bits per heavy atom. The van der Waals surface area contributed by atoms with Crippen LogP contribution in [-0.4, -0.2) is 48.6 Å². The number of fused-ring (bicyclic) bond motifs is 1. The second-order valence-electron chi connectivity index (χ2n) is 6.11. The summed E-state index contributed by atoms with van der Waals surface area (Å²) in [4.78, 5) is 26.0. The van der Waals surface area contributed by atoms with Gasteiger partial charge in [-0.1, -0.05) is 6.42 Å². The largest absolute Gasteiger partial charge is 0.465 e. The number of carbonyl (C=O) groups is 2. The number of amides is 1. The highest BCUT2D eigenvalue weighted by Gasteiger charge is 2.44. The van der Waals surface area contributed by atoms with E-state index < -0.39 is 0 Å². The molecule has 0 aromatic heterocycles. The summed E-state index contributed by atoms with van der Waals surface area (Å²) in [6, 6.07) is -0.103. The van der Waals surface area contributed by atoms with E-state index >= 15 is 0 Å². The summed E-state index contributed by atoms with van der Waals surface area (Å²) < 4.78 is 4.97. The number of rotatable bonds is 5. The van der Waals surface area contributed by atoms with Gasteiger partial charge < -0.3 is 15.0 Å². The van der Waals surface area contributed by atoms with Gasteiger partial charge in [0.05, 0.1) is 12.6 Å². The Balaban J connectivity index is 2.01. The third-order valence-electron chi connectivity index (χ3n) is 4.52. The second kappa shape index (κ2) is 6.57. The van der Waals surface area contributed by atoms with Crippen molar-refractivity contribution in [2.45, 2.75) is 52.1 Å². The Bertz CT molecular complexity index is 370. The molecule has 2 aliphatic rings. The molecule has 0 spiro atoms. The summed E-state index contributed by atoms with van der Waals surface area (Å²) in [5.41, 5.74) is 0. The predicted octanol–water partition coefficient (Wildman–Crippen LogP) is 1.17. The molecular weight excluding hydrogens is 256 g/mol. The molecule has 114 valence electrons. The van der Waals surface area contributed by atoms with Crippen molar-refractivity contribution in [1.82, 2.24) is 10.2 Å². The lowest BCUT2D eigenvalue weighted by atomic mass is 9.93. The highest BCUT2D eigenvalue weighted by atomic mass is 16.5. The fourth-order valence-corrected chi connectivity index (χ4v) is 3.50. The third-order valence-corrected chi connectivity index (χ3v) is 4.52. The quantitative estimate of drug-likeness (QED) is 0.769. The summed E-state index contributed by atoms with van der Waals surface area (Å²) in [7, 11) is 0. The number of hydrogen-bond acceptors (Lipinski definition) is 4. The summed E-state index contributed by atoms with van der Waals surface area (Å²) in [6.07, 6.45) is 3.57. The van der Waals surface area contributed by atoms with Gasteiger partial charge in [-0.15, -0.1) is 0 Å². The molecule has 0 bridgehead atoms. The van der Waals surface area contributed by atoms with E-state index in [-0.39, 0.29) is 30.5 Å². The van der Waals surface area contributed by atoms with E-state index in [1.165, 1.54) is 12.8 Å². The van der Waals surface area contributed by atoms with Crippen LogP contribution in [0.15, 0.2) is 0 Å². The highest BCUT2D eigenvalue weighted by Crippen LogP contribution is 2.38. The van der Waals surface area contributed by atoms with Gasteiger partial charge >= 0.3 is 5.97 Å². The van der Waals surface area contributed by atoms with Crippen LogP contribution in [0.4, 0.5) is 0 Å². The maximum atomic E-state index is 12.7. The maximum Gasteiger partial charge on any atom is 0.325 e. The van der Waals surface area contributed by atoms with E-state index in [1.54, 1.807) is 11.8 Å². The van der Waals surface area contributed by atoms with Crippen molar-refractivity contribution < 1.29 is 14.3 Å². The molecule has 3 unspecified atom stereocenters. The van der Waals surface area contributed by atoms with Gasteiger partial charge in [0.1, 0.15) is 6.54 Å². The van der Waals surface area contributed by atoms with Crippen molar-refractivity contribution in [2.24, 2.45) is 11.8 Å². The SMILES string of the molecule is CCOC(=O)CN(C(=O)C1NCC2CCCC21)C(C)C. The third kappa shape index (κ3) is 3.14. The van der Waals surface area contributed by atoms with E-state index in [2.05, 4.69) is 5.32 Å². The Labute approximate surface area is 121 Å². The minimum absolute atomic E-state index is 0.00848. The minimum atomic E-state index is -0.324. The Morgan fingerprint density at radius 2 is 2.10 bits per heavy atom. The average molecular weight is 282 g/mol. The van der Waals surface area contributed by atoms with Gasteiger partial charge in [0, 0.05) is 6.04 Å². The number of nitrogens with one attached hydrogen (secondary N) is 1. The van der Waals surface area contributed by atoms with Gasteiger partial charge in [-0.05, 0) is 52.0 Å². The first kappa shape index (κ1) is 15.3.